The molecular weight excluding hydrogens is 360 g/mol. The van der Waals surface area contributed by atoms with Crippen molar-refractivity contribution in [2.24, 2.45) is 0 Å². The minimum atomic E-state index is -0.719. The molecule has 2 amide bonds. The number of aromatic nitrogens is 2. The summed E-state index contributed by atoms with van der Waals surface area (Å²) >= 11 is 0. The molecule has 0 aliphatic carbocycles. The van der Waals surface area contributed by atoms with Crippen molar-refractivity contribution in [3.8, 4) is 0 Å². The molecule has 9 heteroatoms. The minimum absolute atomic E-state index is 0.00826. The highest BCUT2D eigenvalue weighted by molar-refractivity contribution is 5.96. The van der Waals surface area contributed by atoms with Crippen LogP contribution in [0.2, 0.25) is 0 Å². The number of carbonyl (C=O) groups excluding carboxylic acids is 2. The molecule has 1 aliphatic rings. The second kappa shape index (κ2) is 7.34. The SMILES string of the molecule is CC(C)c1ccc(NOC(=O)c2cnc(N3CC(C)(C)NC3=O)nc2N)cc1. The zero-order valence-electron chi connectivity index (χ0n) is 16.3. The van der Waals surface area contributed by atoms with Gasteiger partial charge in [0, 0.05) is 6.20 Å². The fraction of sp³-hybridized carbons (Fsp3) is 0.368. The Bertz CT molecular complexity index is 895. The lowest BCUT2D eigenvalue weighted by Gasteiger charge is -2.17. The van der Waals surface area contributed by atoms with Crippen LogP contribution in [0.1, 0.15) is 49.5 Å². The standard InChI is InChI=1S/C19H24N6O3/c1-11(2)12-5-7-13(8-6-12)24-28-16(26)14-9-21-17(22-15(14)20)25-10-19(3,4)23-18(25)27/h5-9,11,24H,10H2,1-4H3,(H,23,27)(H2,20,21,22). The Kier molecular flexibility index (Phi) is 5.08. The first-order chi connectivity index (χ1) is 13.2. The number of hydrogen-bond donors (Lipinski definition) is 3. The topological polar surface area (TPSA) is 122 Å². The molecule has 9 nitrogen and oxygen atoms in total. The van der Waals surface area contributed by atoms with Gasteiger partial charge in [0.05, 0.1) is 17.8 Å². The van der Waals surface area contributed by atoms with E-state index < -0.39 is 11.5 Å². The molecule has 2 aromatic rings. The smallest absolute Gasteiger partial charge is 0.368 e. The van der Waals surface area contributed by atoms with Crippen LogP contribution < -0.4 is 21.4 Å². The highest BCUT2D eigenvalue weighted by Crippen LogP contribution is 2.22. The third-order valence-electron chi connectivity index (χ3n) is 4.35. The number of nitrogens with one attached hydrogen (secondary N) is 2. The number of benzene rings is 1. The van der Waals surface area contributed by atoms with Crippen molar-refractivity contribution < 1.29 is 14.4 Å². The Morgan fingerprint density at radius 1 is 1.32 bits per heavy atom. The summed E-state index contributed by atoms with van der Waals surface area (Å²) in [5.74, 6) is -0.239. The molecule has 0 spiro atoms. The third-order valence-corrected chi connectivity index (χ3v) is 4.35. The maximum absolute atomic E-state index is 12.3. The van der Waals surface area contributed by atoms with Gasteiger partial charge in [-0.05, 0) is 37.5 Å². The Balaban J connectivity index is 1.66. The van der Waals surface area contributed by atoms with Gasteiger partial charge in [0.1, 0.15) is 11.4 Å². The molecule has 2 heterocycles. The van der Waals surface area contributed by atoms with E-state index in [2.05, 4.69) is 34.6 Å². The lowest BCUT2D eigenvalue weighted by Crippen LogP contribution is -2.36. The number of carbonyl (C=O) groups is 2. The van der Waals surface area contributed by atoms with Gasteiger partial charge in [-0.2, -0.15) is 4.98 Å². The van der Waals surface area contributed by atoms with E-state index in [-0.39, 0.29) is 23.4 Å². The van der Waals surface area contributed by atoms with Gasteiger partial charge in [0.2, 0.25) is 5.95 Å². The Labute approximate surface area is 163 Å². The molecule has 1 saturated heterocycles. The number of hydrogen-bond acceptors (Lipinski definition) is 7. The van der Waals surface area contributed by atoms with Crippen molar-refractivity contribution in [3.63, 3.8) is 0 Å². The van der Waals surface area contributed by atoms with Crippen molar-refractivity contribution >= 4 is 29.5 Å². The van der Waals surface area contributed by atoms with Gasteiger partial charge < -0.3 is 15.9 Å². The van der Waals surface area contributed by atoms with Crippen LogP contribution in [0.4, 0.5) is 22.2 Å². The maximum Gasteiger partial charge on any atom is 0.368 e. The second-order valence-electron chi connectivity index (χ2n) is 7.64. The Morgan fingerprint density at radius 3 is 2.54 bits per heavy atom. The average molecular weight is 384 g/mol. The molecule has 148 valence electrons. The maximum atomic E-state index is 12.3. The normalized spacial score (nSPS) is 15.5. The summed E-state index contributed by atoms with van der Waals surface area (Å²) in [4.78, 5) is 38.9. The monoisotopic (exact) mass is 384 g/mol. The third kappa shape index (κ3) is 4.13. The van der Waals surface area contributed by atoms with E-state index in [9.17, 15) is 9.59 Å². The second-order valence-corrected chi connectivity index (χ2v) is 7.64. The van der Waals surface area contributed by atoms with Gasteiger partial charge >= 0.3 is 12.0 Å². The van der Waals surface area contributed by atoms with Gasteiger partial charge in [-0.25, -0.2) is 20.1 Å². The van der Waals surface area contributed by atoms with Crippen LogP contribution in [0.25, 0.3) is 0 Å². The largest absolute Gasteiger partial charge is 0.383 e. The van der Waals surface area contributed by atoms with E-state index in [0.717, 1.165) is 0 Å². The predicted molar refractivity (Wildman–Crippen MR) is 106 cm³/mol. The summed E-state index contributed by atoms with van der Waals surface area (Å²) in [6.07, 6.45) is 1.25. The highest BCUT2D eigenvalue weighted by Gasteiger charge is 2.37. The predicted octanol–water partition coefficient (Wildman–Crippen LogP) is 2.67. The van der Waals surface area contributed by atoms with Crippen LogP contribution >= 0.6 is 0 Å². The molecule has 0 radical (unpaired) electrons. The van der Waals surface area contributed by atoms with Crippen molar-refractivity contribution in [1.82, 2.24) is 15.3 Å². The Hall–Kier alpha value is -3.36. The molecule has 0 saturated carbocycles. The van der Waals surface area contributed by atoms with Crippen LogP contribution in [-0.2, 0) is 4.84 Å². The first kappa shape index (κ1) is 19.4. The van der Waals surface area contributed by atoms with Crippen LogP contribution in [0.3, 0.4) is 0 Å². The highest BCUT2D eigenvalue weighted by atomic mass is 16.7. The summed E-state index contributed by atoms with van der Waals surface area (Å²) in [5.41, 5.74) is 9.89. The van der Waals surface area contributed by atoms with Crippen LogP contribution in [-0.4, -0.2) is 34.1 Å². The Morgan fingerprint density at radius 2 is 2.00 bits per heavy atom. The molecule has 0 unspecified atom stereocenters. The van der Waals surface area contributed by atoms with Gasteiger partial charge in [0.25, 0.3) is 0 Å². The number of urea groups is 1. The van der Waals surface area contributed by atoms with Crippen molar-refractivity contribution in [3.05, 3.63) is 41.6 Å². The number of anilines is 3. The molecule has 0 atom stereocenters. The zero-order valence-corrected chi connectivity index (χ0v) is 16.3. The van der Waals surface area contributed by atoms with Crippen molar-refractivity contribution in [2.75, 3.05) is 22.7 Å². The lowest BCUT2D eigenvalue weighted by molar-refractivity contribution is 0.0597. The average Bonchev–Trinajstić information content (AvgIpc) is 2.92. The molecule has 3 rings (SSSR count). The summed E-state index contributed by atoms with van der Waals surface area (Å²) in [5, 5.41) is 2.81. The fourth-order valence-electron chi connectivity index (χ4n) is 2.79. The van der Waals surface area contributed by atoms with E-state index in [1.807, 2.05) is 38.1 Å². The summed E-state index contributed by atoms with van der Waals surface area (Å²) in [6, 6.07) is 7.23. The number of amides is 2. The van der Waals surface area contributed by atoms with Crippen LogP contribution in [0.5, 0.6) is 0 Å². The van der Waals surface area contributed by atoms with Crippen LogP contribution in [0, 0.1) is 0 Å². The summed E-state index contributed by atoms with van der Waals surface area (Å²) in [6.45, 7) is 8.37. The summed E-state index contributed by atoms with van der Waals surface area (Å²) in [7, 11) is 0. The molecular formula is C19H24N6O3. The van der Waals surface area contributed by atoms with E-state index in [1.54, 1.807) is 0 Å². The summed E-state index contributed by atoms with van der Waals surface area (Å²) < 4.78 is 0. The van der Waals surface area contributed by atoms with Crippen molar-refractivity contribution in [2.45, 2.75) is 39.2 Å². The van der Waals surface area contributed by atoms with E-state index >= 15 is 0 Å². The minimum Gasteiger partial charge on any atom is -0.383 e. The lowest BCUT2D eigenvalue weighted by atomic mass is 10.0. The van der Waals surface area contributed by atoms with Crippen LogP contribution in [0.15, 0.2) is 30.5 Å². The fourth-order valence-corrected chi connectivity index (χ4v) is 2.79. The number of rotatable bonds is 5. The molecule has 1 fully saturated rings. The first-order valence-corrected chi connectivity index (χ1v) is 8.95. The van der Waals surface area contributed by atoms with Gasteiger partial charge in [-0.1, -0.05) is 26.0 Å². The quantitative estimate of drug-likeness (QED) is 0.677. The van der Waals surface area contributed by atoms with Gasteiger partial charge in [0.15, 0.2) is 0 Å². The van der Waals surface area contributed by atoms with Gasteiger partial charge in [-0.3, -0.25) is 4.90 Å². The number of nitrogen functional groups attached to an aromatic ring is 1. The van der Waals surface area contributed by atoms with Gasteiger partial charge in [-0.15, -0.1) is 0 Å². The van der Waals surface area contributed by atoms with Crippen molar-refractivity contribution in [1.29, 1.82) is 0 Å². The van der Waals surface area contributed by atoms with E-state index in [1.165, 1.54) is 16.7 Å². The molecule has 1 aromatic carbocycles. The molecule has 0 bridgehead atoms. The molecule has 1 aliphatic heterocycles. The van der Waals surface area contributed by atoms with E-state index in [4.69, 9.17) is 10.6 Å². The first-order valence-electron chi connectivity index (χ1n) is 8.95. The molecule has 4 N–H and O–H groups in total. The zero-order chi connectivity index (χ0) is 20.5. The number of nitrogens with two attached hydrogens (primary N) is 1. The number of nitrogens with zero attached hydrogens (tertiary/aromatic N) is 3. The molecule has 1 aromatic heterocycles. The van der Waals surface area contributed by atoms with E-state index in [0.29, 0.717) is 18.2 Å². The molecule has 28 heavy (non-hydrogen) atoms.